The van der Waals surface area contributed by atoms with Crippen molar-refractivity contribution in [3.63, 3.8) is 0 Å². The summed E-state index contributed by atoms with van der Waals surface area (Å²) in [6, 6.07) is 13.8. The largest absolute Gasteiger partial charge is 0.206 e. The molecule has 2 aromatic rings. The Morgan fingerprint density at radius 2 is 1.62 bits per heavy atom. The van der Waals surface area contributed by atoms with E-state index >= 15 is 0 Å². The zero-order valence-corrected chi connectivity index (χ0v) is 15.6. The van der Waals surface area contributed by atoms with Gasteiger partial charge in [-0.25, -0.2) is 4.39 Å². The first-order valence-corrected chi connectivity index (χ1v) is 8.75. The molecule has 21 heavy (non-hydrogen) atoms. The number of alkyl halides is 1. The molecule has 0 aliphatic carbocycles. The normalized spacial score (nSPS) is 13.2. The molecule has 1 atom stereocenters. The van der Waals surface area contributed by atoms with Crippen molar-refractivity contribution in [2.75, 3.05) is 0 Å². The molecular weight excluding hydrogens is 395 g/mol. The molecule has 0 heterocycles. The van der Waals surface area contributed by atoms with E-state index in [0.29, 0.717) is 4.47 Å². The molecular formula is C18H19Br2F. The van der Waals surface area contributed by atoms with E-state index in [-0.39, 0.29) is 16.1 Å². The maximum atomic E-state index is 13.7. The van der Waals surface area contributed by atoms with E-state index in [0.717, 1.165) is 17.5 Å². The van der Waals surface area contributed by atoms with E-state index in [2.05, 4.69) is 76.9 Å². The summed E-state index contributed by atoms with van der Waals surface area (Å²) in [6.45, 7) is 6.70. The predicted octanol–water partition coefficient (Wildman–Crippen LogP) is 6.76. The molecule has 0 spiro atoms. The van der Waals surface area contributed by atoms with E-state index < -0.39 is 0 Å². The molecule has 2 aromatic carbocycles. The lowest BCUT2D eigenvalue weighted by molar-refractivity contribution is 0.506. The fourth-order valence-corrected chi connectivity index (χ4v) is 3.01. The third-order valence-corrected chi connectivity index (χ3v) is 5.81. The van der Waals surface area contributed by atoms with Gasteiger partial charge in [-0.15, -0.1) is 0 Å². The van der Waals surface area contributed by atoms with Gasteiger partial charge in [0.15, 0.2) is 0 Å². The molecule has 2 rings (SSSR count). The molecule has 0 saturated carbocycles. The van der Waals surface area contributed by atoms with Gasteiger partial charge in [0.25, 0.3) is 0 Å². The standard InChI is InChI=1S/C18H19Br2F/c1-4-18(2,3)14-8-5-12(6-9-14)17(20)13-7-10-15(19)16(21)11-13/h5-11,17H,4H2,1-3H3. The third kappa shape index (κ3) is 3.75. The lowest BCUT2D eigenvalue weighted by Gasteiger charge is -2.24. The summed E-state index contributed by atoms with van der Waals surface area (Å²) in [4.78, 5) is -0.00103. The molecule has 0 fully saturated rings. The van der Waals surface area contributed by atoms with Crippen molar-refractivity contribution in [1.82, 2.24) is 0 Å². The monoisotopic (exact) mass is 412 g/mol. The maximum absolute atomic E-state index is 13.7. The Balaban J connectivity index is 2.27. The second-order valence-corrected chi connectivity index (χ2v) is 7.67. The molecule has 0 amide bonds. The summed E-state index contributed by atoms with van der Waals surface area (Å²) in [5.41, 5.74) is 3.56. The summed E-state index contributed by atoms with van der Waals surface area (Å²) < 4.78 is 14.1. The highest BCUT2D eigenvalue weighted by Crippen LogP contribution is 2.34. The van der Waals surface area contributed by atoms with Gasteiger partial charge in [-0.2, -0.15) is 0 Å². The Morgan fingerprint density at radius 3 is 2.14 bits per heavy atom. The molecule has 0 aliphatic heterocycles. The van der Waals surface area contributed by atoms with Crippen LogP contribution in [0.2, 0.25) is 0 Å². The number of hydrogen-bond donors (Lipinski definition) is 0. The average Bonchev–Trinajstić information content (AvgIpc) is 2.49. The second-order valence-electron chi connectivity index (χ2n) is 5.90. The van der Waals surface area contributed by atoms with E-state index in [4.69, 9.17) is 0 Å². The summed E-state index contributed by atoms with van der Waals surface area (Å²) in [6.07, 6.45) is 1.10. The van der Waals surface area contributed by atoms with Gasteiger partial charge in [-0.1, -0.05) is 67.0 Å². The Bertz CT molecular complexity index is 618. The molecule has 0 radical (unpaired) electrons. The summed E-state index contributed by atoms with van der Waals surface area (Å²) >= 11 is 6.85. The van der Waals surface area contributed by atoms with Gasteiger partial charge in [0.2, 0.25) is 0 Å². The van der Waals surface area contributed by atoms with Crippen LogP contribution >= 0.6 is 31.9 Å². The molecule has 0 nitrogen and oxygen atoms in total. The smallest absolute Gasteiger partial charge is 0.137 e. The number of halogens is 3. The van der Waals surface area contributed by atoms with Crippen LogP contribution < -0.4 is 0 Å². The summed E-state index contributed by atoms with van der Waals surface area (Å²) in [5.74, 6) is -0.235. The minimum Gasteiger partial charge on any atom is -0.206 e. The van der Waals surface area contributed by atoms with Crippen LogP contribution in [-0.2, 0) is 5.41 Å². The zero-order valence-electron chi connectivity index (χ0n) is 12.5. The highest BCUT2D eigenvalue weighted by Gasteiger charge is 2.19. The number of benzene rings is 2. The van der Waals surface area contributed by atoms with Gasteiger partial charge in [0.05, 0.1) is 9.30 Å². The fraction of sp³-hybridized carbons (Fsp3) is 0.333. The SMILES string of the molecule is CCC(C)(C)c1ccc(C(Br)c2ccc(Br)c(F)c2)cc1. The number of hydrogen-bond acceptors (Lipinski definition) is 0. The first-order valence-electron chi connectivity index (χ1n) is 7.04. The second kappa shape index (κ2) is 6.62. The van der Waals surface area contributed by atoms with Crippen molar-refractivity contribution in [2.24, 2.45) is 0 Å². The minimum atomic E-state index is -0.235. The van der Waals surface area contributed by atoms with Crippen LogP contribution in [0.1, 0.15) is 48.7 Å². The van der Waals surface area contributed by atoms with E-state index in [1.54, 1.807) is 12.1 Å². The molecule has 0 aromatic heterocycles. The molecule has 0 bridgehead atoms. The van der Waals surface area contributed by atoms with E-state index in [1.807, 2.05) is 6.07 Å². The maximum Gasteiger partial charge on any atom is 0.137 e. The topological polar surface area (TPSA) is 0 Å². The van der Waals surface area contributed by atoms with Crippen LogP contribution in [0, 0.1) is 5.82 Å². The zero-order chi connectivity index (χ0) is 15.6. The summed E-state index contributed by atoms with van der Waals surface area (Å²) in [5, 5.41) is 0. The van der Waals surface area contributed by atoms with Crippen LogP contribution in [0.25, 0.3) is 0 Å². The molecule has 0 N–H and O–H groups in total. The van der Waals surface area contributed by atoms with Crippen molar-refractivity contribution in [2.45, 2.75) is 37.4 Å². The third-order valence-electron chi connectivity index (χ3n) is 4.11. The Labute approximate surface area is 143 Å². The van der Waals surface area contributed by atoms with Crippen molar-refractivity contribution in [1.29, 1.82) is 0 Å². The molecule has 1 unspecified atom stereocenters. The molecule has 112 valence electrons. The van der Waals surface area contributed by atoms with Gasteiger partial charge in [-0.3, -0.25) is 0 Å². The van der Waals surface area contributed by atoms with E-state index in [9.17, 15) is 4.39 Å². The van der Waals surface area contributed by atoms with Gasteiger partial charge in [-0.05, 0) is 56.6 Å². The first-order chi connectivity index (χ1) is 9.85. The Morgan fingerprint density at radius 1 is 1.05 bits per heavy atom. The number of rotatable bonds is 4. The van der Waals surface area contributed by atoms with Crippen LogP contribution in [-0.4, -0.2) is 0 Å². The first kappa shape index (κ1) is 16.7. The highest BCUT2D eigenvalue weighted by atomic mass is 79.9. The van der Waals surface area contributed by atoms with Gasteiger partial charge < -0.3 is 0 Å². The van der Waals surface area contributed by atoms with Crippen molar-refractivity contribution in [3.05, 3.63) is 69.4 Å². The van der Waals surface area contributed by atoms with Gasteiger partial charge >= 0.3 is 0 Å². The quantitative estimate of drug-likeness (QED) is 0.485. The van der Waals surface area contributed by atoms with Crippen LogP contribution in [0.5, 0.6) is 0 Å². The molecule has 0 aliphatic rings. The average molecular weight is 414 g/mol. The Kier molecular flexibility index (Phi) is 5.26. The van der Waals surface area contributed by atoms with Gasteiger partial charge in [0.1, 0.15) is 5.82 Å². The Hall–Kier alpha value is -0.670. The van der Waals surface area contributed by atoms with Crippen molar-refractivity contribution >= 4 is 31.9 Å². The minimum absolute atomic E-state index is 0.00103. The lowest BCUT2D eigenvalue weighted by atomic mass is 9.82. The van der Waals surface area contributed by atoms with E-state index in [1.165, 1.54) is 5.56 Å². The fourth-order valence-electron chi connectivity index (χ4n) is 2.17. The van der Waals surface area contributed by atoms with Crippen molar-refractivity contribution in [3.8, 4) is 0 Å². The summed E-state index contributed by atoms with van der Waals surface area (Å²) in [7, 11) is 0. The molecule has 3 heteroatoms. The van der Waals surface area contributed by atoms with Gasteiger partial charge in [0, 0.05) is 0 Å². The van der Waals surface area contributed by atoms with Crippen LogP contribution in [0.3, 0.4) is 0 Å². The highest BCUT2D eigenvalue weighted by molar-refractivity contribution is 9.10. The predicted molar refractivity (Wildman–Crippen MR) is 94.6 cm³/mol. The lowest BCUT2D eigenvalue weighted by Crippen LogP contribution is -2.15. The van der Waals surface area contributed by atoms with Crippen LogP contribution in [0.4, 0.5) is 4.39 Å². The van der Waals surface area contributed by atoms with Crippen LogP contribution in [0.15, 0.2) is 46.9 Å². The van der Waals surface area contributed by atoms with Crippen molar-refractivity contribution < 1.29 is 4.39 Å². The molecule has 0 saturated heterocycles.